The smallest absolute Gasteiger partial charge is 0.149 e. The zero-order valence-corrected chi connectivity index (χ0v) is 12.1. The molecule has 2 saturated heterocycles. The Morgan fingerprint density at radius 3 is 2.30 bits per heavy atom. The van der Waals surface area contributed by atoms with Gasteiger partial charge < -0.3 is 21.3 Å². The molecule has 0 spiro atoms. The van der Waals surface area contributed by atoms with Gasteiger partial charge in [0.1, 0.15) is 11.6 Å². The first-order chi connectivity index (χ1) is 9.74. The normalized spacial score (nSPS) is 22.1. The molecule has 2 aliphatic rings. The molecule has 3 rings (SSSR count). The van der Waals surface area contributed by atoms with E-state index < -0.39 is 0 Å². The molecule has 2 aliphatic heterocycles. The number of pyridine rings is 1. The Labute approximate surface area is 120 Å². The number of nitrogens with zero attached hydrogens (tertiary/aromatic N) is 3. The molecule has 1 aromatic heterocycles. The summed E-state index contributed by atoms with van der Waals surface area (Å²) in [6, 6.07) is 4.60. The molecule has 20 heavy (non-hydrogen) atoms. The molecule has 0 unspecified atom stereocenters. The van der Waals surface area contributed by atoms with Gasteiger partial charge in [0.2, 0.25) is 0 Å². The van der Waals surface area contributed by atoms with E-state index in [4.69, 9.17) is 11.5 Å². The fourth-order valence-electron chi connectivity index (χ4n) is 3.39. The predicted molar refractivity (Wildman–Crippen MR) is 83.7 cm³/mol. The van der Waals surface area contributed by atoms with E-state index in [0.717, 1.165) is 24.9 Å². The molecule has 5 nitrogen and oxygen atoms in total. The van der Waals surface area contributed by atoms with Gasteiger partial charge in [-0.25, -0.2) is 4.98 Å². The fraction of sp³-hybridized carbons (Fsp3) is 0.667. The van der Waals surface area contributed by atoms with Crippen molar-refractivity contribution in [1.29, 1.82) is 0 Å². The number of anilines is 3. The lowest BCUT2D eigenvalue weighted by Crippen LogP contribution is -2.46. The van der Waals surface area contributed by atoms with Crippen LogP contribution in [0.4, 0.5) is 17.3 Å². The summed E-state index contributed by atoms with van der Waals surface area (Å²) in [5.41, 5.74) is 12.1. The lowest BCUT2D eigenvalue weighted by Gasteiger charge is -2.40. The molecule has 4 N–H and O–H groups in total. The first-order valence-corrected chi connectivity index (χ1v) is 7.75. The molecule has 0 aromatic carbocycles. The highest BCUT2D eigenvalue weighted by atomic mass is 15.2. The Kier molecular flexibility index (Phi) is 3.96. The summed E-state index contributed by atoms with van der Waals surface area (Å²) in [6.07, 6.45) is 6.61. The summed E-state index contributed by atoms with van der Waals surface area (Å²) >= 11 is 0. The molecule has 5 heteroatoms. The fourth-order valence-corrected chi connectivity index (χ4v) is 3.39. The van der Waals surface area contributed by atoms with Gasteiger partial charge in [0.25, 0.3) is 0 Å². The Balaban J connectivity index is 1.58. The summed E-state index contributed by atoms with van der Waals surface area (Å²) < 4.78 is 0. The van der Waals surface area contributed by atoms with E-state index in [0.29, 0.717) is 11.5 Å². The van der Waals surface area contributed by atoms with Crippen LogP contribution in [0.5, 0.6) is 0 Å². The summed E-state index contributed by atoms with van der Waals surface area (Å²) in [5.74, 6) is 1.41. The molecule has 2 fully saturated rings. The van der Waals surface area contributed by atoms with E-state index in [1.165, 1.54) is 45.2 Å². The molecule has 0 bridgehead atoms. The van der Waals surface area contributed by atoms with Crippen LogP contribution in [0.1, 0.15) is 32.1 Å². The number of hydrogen-bond acceptors (Lipinski definition) is 5. The van der Waals surface area contributed by atoms with Crippen LogP contribution in [0.3, 0.4) is 0 Å². The van der Waals surface area contributed by atoms with Crippen LogP contribution >= 0.6 is 0 Å². The summed E-state index contributed by atoms with van der Waals surface area (Å²) in [4.78, 5) is 9.41. The van der Waals surface area contributed by atoms with Gasteiger partial charge in [-0.1, -0.05) is 6.42 Å². The van der Waals surface area contributed by atoms with Gasteiger partial charge >= 0.3 is 0 Å². The van der Waals surface area contributed by atoms with Crippen molar-refractivity contribution in [2.75, 3.05) is 42.5 Å². The van der Waals surface area contributed by atoms with Crippen molar-refractivity contribution >= 4 is 17.3 Å². The minimum absolute atomic E-state index is 0.445. The number of nitrogen functional groups attached to an aromatic ring is 2. The second kappa shape index (κ2) is 5.87. The summed E-state index contributed by atoms with van der Waals surface area (Å²) in [6.45, 7) is 4.71. The van der Waals surface area contributed by atoms with Gasteiger partial charge in [-0.05, 0) is 50.9 Å². The van der Waals surface area contributed by atoms with Gasteiger partial charge in [-0.2, -0.15) is 0 Å². The Morgan fingerprint density at radius 1 is 0.950 bits per heavy atom. The van der Waals surface area contributed by atoms with E-state index in [9.17, 15) is 0 Å². The zero-order chi connectivity index (χ0) is 13.9. The van der Waals surface area contributed by atoms with Crippen LogP contribution in [0.2, 0.25) is 0 Å². The second-order valence-corrected chi connectivity index (χ2v) is 5.96. The van der Waals surface area contributed by atoms with E-state index in [-0.39, 0.29) is 0 Å². The van der Waals surface area contributed by atoms with Crippen molar-refractivity contribution in [3.8, 4) is 0 Å². The number of rotatable bonds is 2. The molecule has 0 saturated carbocycles. The first kappa shape index (κ1) is 13.5. The van der Waals surface area contributed by atoms with Crippen LogP contribution in [0.15, 0.2) is 12.1 Å². The third-order valence-electron chi connectivity index (χ3n) is 4.64. The number of aromatic nitrogens is 1. The van der Waals surface area contributed by atoms with Crippen LogP contribution in [-0.4, -0.2) is 42.1 Å². The van der Waals surface area contributed by atoms with Crippen LogP contribution in [-0.2, 0) is 0 Å². The van der Waals surface area contributed by atoms with Crippen molar-refractivity contribution in [2.45, 2.75) is 38.1 Å². The molecule has 1 aromatic rings. The third-order valence-corrected chi connectivity index (χ3v) is 4.64. The Hall–Kier alpha value is -1.49. The molecular weight excluding hydrogens is 250 g/mol. The predicted octanol–water partition coefficient (Wildman–Crippen LogP) is 1.70. The van der Waals surface area contributed by atoms with Crippen molar-refractivity contribution in [2.24, 2.45) is 0 Å². The van der Waals surface area contributed by atoms with Crippen molar-refractivity contribution in [1.82, 2.24) is 9.88 Å². The topological polar surface area (TPSA) is 71.4 Å². The minimum Gasteiger partial charge on any atom is -0.396 e. The first-order valence-electron chi connectivity index (χ1n) is 7.75. The largest absolute Gasteiger partial charge is 0.396 e. The van der Waals surface area contributed by atoms with Crippen LogP contribution in [0.25, 0.3) is 0 Å². The SMILES string of the molecule is Nc1ccc(N2CCC(N3CCCCC3)CC2)nc1N. The van der Waals surface area contributed by atoms with Gasteiger partial charge in [-0.15, -0.1) is 0 Å². The lowest BCUT2D eigenvalue weighted by atomic mass is 10.00. The number of piperidine rings is 2. The van der Waals surface area contributed by atoms with Gasteiger partial charge in [0, 0.05) is 19.1 Å². The molecule has 0 amide bonds. The van der Waals surface area contributed by atoms with Crippen molar-refractivity contribution < 1.29 is 0 Å². The third kappa shape index (κ3) is 2.82. The maximum atomic E-state index is 5.80. The quantitative estimate of drug-likeness (QED) is 0.859. The Morgan fingerprint density at radius 2 is 1.65 bits per heavy atom. The van der Waals surface area contributed by atoms with E-state index in [2.05, 4.69) is 14.8 Å². The van der Waals surface area contributed by atoms with Gasteiger partial charge in [0.05, 0.1) is 5.69 Å². The molecule has 0 atom stereocenters. The van der Waals surface area contributed by atoms with Crippen LogP contribution < -0.4 is 16.4 Å². The van der Waals surface area contributed by atoms with Crippen molar-refractivity contribution in [3.63, 3.8) is 0 Å². The molecule has 0 radical (unpaired) electrons. The van der Waals surface area contributed by atoms with E-state index in [1.807, 2.05) is 12.1 Å². The number of hydrogen-bond donors (Lipinski definition) is 2. The van der Waals surface area contributed by atoms with Crippen molar-refractivity contribution in [3.05, 3.63) is 12.1 Å². The molecule has 3 heterocycles. The van der Waals surface area contributed by atoms with Gasteiger partial charge in [0.15, 0.2) is 0 Å². The maximum absolute atomic E-state index is 5.80. The molecule has 110 valence electrons. The van der Waals surface area contributed by atoms with E-state index >= 15 is 0 Å². The minimum atomic E-state index is 0.445. The standard InChI is InChI=1S/C15H25N5/c16-13-4-5-14(18-15(13)17)20-10-6-12(7-11-20)19-8-2-1-3-9-19/h4-5,12H,1-3,6-11,16H2,(H2,17,18). The highest BCUT2D eigenvalue weighted by Gasteiger charge is 2.26. The molecule has 0 aliphatic carbocycles. The second-order valence-electron chi connectivity index (χ2n) is 5.96. The Bertz CT molecular complexity index is 448. The lowest BCUT2D eigenvalue weighted by molar-refractivity contribution is 0.141. The average Bonchev–Trinajstić information content (AvgIpc) is 2.51. The monoisotopic (exact) mass is 275 g/mol. The number of nitrogens with two attached hydrogens (primary N) is 2. The van der Waals surface area contributed by atoms with Gasteiger partial charge in [-0.3, -0.25) is 0 Å². The highest BCUT2D eigenvalue weighted by Crippen LogP contribution is 2.25. The molecular formula is C15H25N5. The zero-order valence-electron chi connectivity index (χ0n) is 12.1. The number of likely N-dealkylation sites (tertiary alicyclic amines) is 1. The summed E-state index contributed by atoms with van der Waals surface area (Å²) in [5, 5.41) is 0. The van der Waals surface area contributed by atoms with E-state index in [1.54, 1.807) is 0 Å². The summed E-state index contributed by atoms with van der Waals surface area (Å²) in [7, 11) is 0. The maximum Gasteiger partial charge on any atom is 0.149 e. The average molecular weight is 275 g/mol. The highest BCUT2D eigenvalue weighted by molar-refractivity contribution is 5.62. The van der Waals surface area contributed by atoms with Crippen LogP contribution in [0, 0.1) is 0 Å².